The Hall–Kier alpha value is -1.16. The minimum atomic E-state index is 0. The molecule has 0 radical (unpaired) electrons. The molecule has 0 aliphatic carbocycles. The molecule has 166 valence electrons. The lowest BCUT2D eigenvalue weighted by Gasteiger charge is -2.34. The first-order valence-corrected chi connectivity index (χ1v) is 11.7. The van der Waals surface area contributed by atoms with Gasteiger partial charge in [0, 0.05) is 50.7 Å². The van der Waals surface area contributed by atoms with E-state index in [9.17, 15) is 0 Å². The molecule has 2 aromatic rings. The fourth-order valence-electron chi connectivity index (χ4n) is 3.64. The van der Waals surface area contributed by atoms with Gasteiger partial charge in [-0.05, 0) is 42.5 Å². The minimum absolute atomic E-state index is 0. The quantitative estimate of drug-likeness (QED) is 0.288. The molecule has 1 aromatic heterocycles. The average Bonchev–Trinajstić information content (AvgIpc) is 3.27. The Kier molecular flexibility index (Phi) is 11.7. The summed E-state index contributed by atoms with van der Waals surface area (Å²) in [7, 11) is 0. The van der Waals surface area contributed by atoms with Crippen LogP contribution in [-0.2, 0) is 19.5 Å². The second kappa shape index (κ2) is 14.0. The lowest BCUT2D eigenvalue weighted by atomic mass is 10.1. The van der Waals surface area contributed by atoms with E-state index in [0.29, 0.717) is 6.54 Å². The van der Waals surface area contributed by atoms with E-state index in [-0.39, 0.29) is 24.0 Å². The first kappa shape index (κ1) is 25.1. The number of halogens is 1. The van der Waals surface area contributed by atoms with E-state index >= 15 is 0 Å². The number of hydrogen-bond donors (Lipinski definition) is 2. The molecular weight excluding hydrogens is 505 g/mol. The highest BCUT2D eigenvalue weighted by molar-refractivity contribution is 14.0. The molecule has 0 unspecified atom stereocenters. The number of aliphatic imine (C=N–C) groups is 1. The SMILES string of the molecule is CCNC(=NCc1ccccc1CN1CCN(CC)CC1)NCCc1cccs1.I. The summed E-state index contributed by atoms with van der Waals surface area (Å²) in [5, 5.41) is 8.98. The predicted octanol–water partition coefficient (Wildman–Crippen LogP) is 3.80. The lowest BCUT2D eigenvalue weighted by Crippen LogP contribution is -2.45. The molecule has 2 heterocycles. The summed E-state index contributed by atoms with van der Waals surface area (Å²) in [4.78, 5) is 11.4. The van der Waals surface area contributed by atoms with Crippen LogP contribution in [0.3, 0.4) is 0 Å². The normalized spacial score (nSPS) is 15.6. The van der Waals surface area contributed by atoms with E-state index in [0.717, 1.165) is 51.6 Å². The standard InChI is InChI=1S/C23H35N5S.HI/c1-3-24-23(25-12-11-22-10-7-17-29-22)26-18-20-8-5-6-9-21(20)19-28-15-13-27(4-2)14-16-28;/h5-10,17H,3-4,11-16,18-19H2,1-2H3,(H2,24,25,26);1H. The first-order valence-electron chi connectivity index (χ1n) is 10.8. The molecule has 3 rings (SSSR count). The van der Waals surface area contributed by atoms with Gasteiger partial charge in [-0.3, -0.25) is 4.90 Å². The molecule has 2 N–H and O–H groups in total. The highest BCUT2D eigenvalue weighted by Crippen LogP contribution is 2.15. The molecule has 1 aliphatic heterocycles. The van der Waals surface area contributed by atoms with Crippen LogP contribution >= 0.6 is 35.3 Å². The molecule has 30 heavy (non-hydrogen) atoms. The molecule has 1 fully saturated rings. The molecule has 0 spiro atoms. The Balaban J connectivity index is 0.00000320. The molecular formula is C23H36IN5S. The third-order valence-corrected chi connectivity index (χ3v) is 6.36. The second-order valence-corrected chi connectivity index (χ2v) is 8.46. The van der Waals surface area contributed by atoms with Gasteiger partial charge >= 0.3 is 0 Å². The second-order valence-electron chi connectivity index (χ2n) is 7.43. The maximum Gasteiger partial charge on any atom is 0.191 e. The van der Waals surface area contributed by atoms with Crippen LogP contribution in [0, 0.1) is 0 Å². The highest BCUT2D eigenvalue weighted by Gasteiger charge is 2.16. The van der Waals surface area contributed by atoms with Crippen LogP contribution in [0.2, 0.25) is 0 Å². The number of rotatable bonds is 9. The van der Waals surface area contributed by atoms with Crippen LogP contribution in [0.15, 0.2) is 46.8 Å². The Morgan fingerprint density at radius 2 is 1.70 bits per heavy atom. The van der Waals surface area contributed by atoms with Gasteiger partial charge in [0.05, 0.1) is 6.54 Å². The number of nitrogens with one attached hydrogen (secondary N) is 2. The number of benzene rings is 1. The summed E-state index contributed by atoms with van der Waals surface area (Å²) < 4.78 is 0. The Bertz CT molecular complexity index is 742. The van der Waals surface area contributed by atoms with Gasteiger partial charge in [-0.25, -0.2) is 4.99 Å². The number of piperazine rings is 1. The fraction of sp³-hybridized carbons (Fsp3) is 0.522. The van der Waals surface area contributed by atoms with Crippen molar-refractivity contribution in [2.45, 2.75) is 33.4 Å². The summed E-state index contributed by atoms with van der Waals surface area (Å²) in [6.07, 6.45) is 1.03. The molecule has 1 saturated heterocycles. The molecule has 1 aliphatic rings. The van der Waals surface area contributed by atoms with Crippen molar-refractivity contribution < 1.29 is 0 Å². The van der Waals surface area contributed by atoms with Crippen LogP contribution in [-0.4, -0.2) is 61.6 Å². The van der Waals surface area contributed by atoms with E-state index in [1.807, 2.05) is 11.3 Å². The third-order valence-electron chi connectivity index (χ3n) is 5.42. The fourth-order valence-corrected chi connectivity index (χ4v) is 4.34. The van der Waals surface area contributed by atoms with Crippen molar-refractivity contribution in [1.82, 2.24) is 20.4 Å². The van der Waals surface area contributed by atoms with E-state index < -0.39 is 0 Å². The topological polar surface area (TPSA) is 42.9 Å². The van der Waals surface area contributed by atoms with Crippen molar-refractivity contribution >= 4 is 41.3 Å². The summed E-state index contributed by atoms with van der Waals surface area (Å²) in [5.41, 5.74) is 2.72. The van der Waals surface area contributed by atoms with E-state index in [4.69, 9.17) is 4.99 Å². The summed E-state index contributed by atoms with van der Waals surface area (Å²) in [5.74, 6) is 0.899. The van der Waals surface area contributed by atoms with Gasteiger partial charge in [-0.15, -0.1) is 35.3 Å². The summed E-state index contributed by atoms with van der Waals surface area (Å²) in [6.45, 7) is 13.7. The van der Waals surface area contributed by atoms with Gasteiger partial charge in [0.1, 0.15) is 0 Å². The van der Waals surface area contributed by atoms with Crippen LogP contribution < -0.4 is 10.6 Å². The first-order chi connectivity index (χ1) is 14.3. The average molecular weight is 542 g/mol. The van der Waals surface area contributed by atoms with Crippen molar-refractivity contribution in [3.8, 4) is 0 Å². The molecule has 5 nitrogen and oxygen atoms in total. The number of hydrogen-bond acceptors (Lipinski definition) is 4. The van der Waals surface area contributed by atoms with Gasteiger partial charge in [0.2, 0.25) is 0 Å². The number of nitrogens with zero attached hydrogens (tertiary/aromatic N) is 3. The van der Waals surface area contributed by atoms with Crippen LogP contribution in [0.1, 0.15) is 29.9 Å². The molecule has 7 heteroatoms. The van der Waals surface area contributed by atoms with Gasteiger partial charge < -0.3 is 15.5 Å². The number of guanidine groups is 1. The molecule has 0 atom stereocenters. The maximum atomic E-state index is 4.85. The van der Waals surface area contributed by atoms with Crippen molar-refractivity contribution in [3.05, 3.63) is 57.8 Å². The maximum absolute atomic E-state index is 4.85. The highest BCUT2D eigenvalue weighted by atomic mass is 127. The van der Waals surface area contributed by atoms with Crippen LogP contribution in [0.4, 0.5) is 0 Å². The molecule has 0 amide bonds. The molecule has 0 bridgehead atoms. The van der Waals surface area contributed by atoms with Crippen LogP contribution in [0.25, 0.3) is 0 Å². The van der Waals surface area contributed by atoms with Crippen LogP contribution in [0.5, 0.6) is 0 Å². The van der Waals surface area contributed by atoms with Crippen molar-refractivity contribution in [2.75, 3.05) is 45.8 Å². The van der Waals surface area contributed by atoms with Gasteiger partial charge in [-0.1, -0.05) is 37.3 Å². The summed E-state index contributed by atoms with van der Waals surface area (Å²) in [6, 6.07) is 13.0. The van der Waals surface area contributed by atoms with Gasteiger partial charge in [0.15, 0.2) is 5.96 Å². The number of likely N-dealkylation sites (N-methyl/N-ethyl adjacent to an activating group) is 1. The van der Waals surface area contributed by atoms with Crippen molar-refractivity contribution in [1.29, 1.82) is 0 Å². The third kappa shape index (κ3) is 8.17. The minimum Gasteiger partial charge on any atom is -0.357 e. The largest absolute Gasteiger partial charge is 0.357 e. The Labute approximate surface area is 203 Å². The van der Waals surface area contributed by atoms with E-state index in [1.165, 1.54) is 29.1 Å². The summed E-state index contributed by atoms with van der Waals surface area (Å²) >= 11 is 1.81. The zero-order valence-corrected chi connectivity index (χ0v) is 21.4. The molecule has 1 aromatic carbocycles. The van der Waals surface area contributed by atoms with Gasteiger partial charge in [0.25, 0.3) is 0 Å². The predicted molar refractivity (Wildman–Crippen MR) is 140 cm³/mol. The lowest BCUT2D eigenvalue weighted by molar-refractivity contribution is 0.131. The monoisotopic (exact) mass is 541 g/mol. The van der Waals surface area contributed by atoms with Gasteiger partial charge in [-0.2, -0.15) is 0 Å². The zero-order chi connectivity index (χ0) is 20.3. The molecule has 0 saturated carbocycles. The smallest absolute Gasteiger partial charge is 0.191 e. The number of thiophene rings is 1. The Morgan fingerprint density at radius 1 is 0.967 bits per heavy atom. The van der Waals surface area contributed by atoms with Crippen molar-refractivity contribution in [3.63, 3.8) is 0 Å². The van der Waals surface area contributed by atoms with Crippen molar-refractivity contribution in [2.24, 2.45) is 4.99 Å². The van der Waals surface area contributed by atoms with E-state index in [1.54, 1.807) is 0 Å². The zero-order valence-electron chi connectivity index (χ0n) is 18.3. The Morgan fingerprint density at radius 3 is 2.37 bits per heavy atom. The van der Waals surface area contributed by atoms with E-state index in [2.05, 4.69) is 76.1 Å².